The fraction of sp³-hybridized carbons (Fsp3) is 0.474. The normalized spacial score (nSPS) is 15.0. The van der Waals surface area contributed by atoms with E-state index in [4.69, 9.17) is 4.74 Å². The van der Waals surface area contributed by atoms with Gasteiger partial charge in [-0.2, -0.15) is 24.9 Å². The van der Waals surface area contributed by atoms with Gasteiger partial charge in [0.15, 0.2) is 0 Å². The molecule has 11 nitrogen and oxygen atoms in total. The predicted octanol–water partition coefficient (Wildman–Crippen LogP) is 4.20. The number of esters is 1. The van der Waals surface area contributed by atoms with E-state index >= 15 is 0 Å². The van der Waals surface area contributed by atoms with Crippen molar-refractivity contribution >= 4 is 30.0 Å². The van der Waals surface area contributed by atoms with Crippen LogP contribution in [0.15, 0.2) is 17.7 Å². The molecule has 0 N–H and O–H groups in total. The molecule has 1 aromatic rings. The summed E-state index contributed by atoms with van der Waals surface area (Å²) >= 11 is 1.14. The average molecular weight is 565 g/mol. The second-order valence-electron chi connectivity index (χ2n) is 6.81. The molecule has 1 heterocycles. The van der Waals surface area contributed by atoms with Crippen LogP contribution in [-0.4, -0.2) is 67.4 Å². The lowest BCUT2D eigenvalue weighted by atomic mass is 9.99. The minimum absolute atomic E-state index is 0.121. The monoisotopic (exact) mass is 565 g/mol. The second-order valence-corrected chi connectivity index (χ2v) is 8.03. The third-order valence-corrected chi connectivity index (χ3v) is 5.02. The topological polar surface area (TPSA) is 133 Å². The van der Waals surface area contributed by atoms with Crippen LogP contribution in [-0.2, 0) is 23.8 Å². The van der Waals surface area contributed by atoms with Gasteiger partial charge in [0.1, 0.15) is 24.7 Å². The van der Waals surface area contributed by atoms with Crippen LogP contribution in [0.4, 0.5) is 31.1 Å². The third kappa shape index (κ3) is 9.77. The molecule has 0 aromatic heterocycles. The van der Waals surface area contributed by atoms with E-state index < -0.39 is 59.7 Å². The molecule has 0 spiro atoms. The highest BCUT2D eigenvalue weighted by Gasteiger charge is 2.49. The molecule has 37 heavy (non-hydrogen) atoms. The summed E-state index contributed by atoms with van der Waals surface area (Å²) < 4.78 is 100. The largest absolute Gasteiger partial charge is 0.573 e. The van der Waals surface area contributed by atoms with E-state index in [9.17, 15) is 46.0 Å². The van der Waals surface area contributed by atoms with Gasteiger partial charge in [0, 0.05) is 17.1 Å². The van der Waals surface area contributed by atoms with Crippen LogP contribution in [0.3, 0.4) is 0 Å². The van der Waals surface area contributed by atoms with Gasteiger partial charge in [-0.15, -0.1) is 23.3 Å². The number of aryl methyl sites for hydroxylation is 1. The molecule has 206 valence electrons. The number of hydrogen-bond donors (Lipinski definition) is 0. The van der Waals surface area contributed by atoms with E-state index in [2.05, 4.69) is 23.8 Å². The van der Waals surface area contributed by atoms with E-state index in [-0.39, 0.29) is 35.8 Å². The van der Waals surface area contributed by atoms with Crippen molar-refractivity contribution in [3.05, 3.63) is 38.9 Å². The highest BCUT2D eigenvalue weighted by atomic mass is 32.2. The molecule has 0 aliphatic carbocycles. The van der Waals surface area contributed by atoms with Gasteiger partial charge in [-0.1, -0.05) is 0 Å². The van der Waals surface area contributed by atoms with Gasteiger partial charge in [0.25, 0.3) is 5.09 Å². The molecule has 0 amide bonds. The molecule has 2 rings (SSSR count). The fourth-order valence-electron chi connectivity index (χ4n) is 2.77. The Hall–Kier alpha value is -3.57. The molecule has 1 aromatic carbocycles. The van der Waals surface area contributed by atoms with Gasteiger partial charge < -0.3 is 28.5 Å². The van der Waals surface area contributed by atoms with Gasteiger partial charge in [-0.05, 0) is 30.7 Å². The van der Waals surface area contributed by atoms with Crippen LogP contribution < -0.4 is 9.47 Å². The summed E-state index contributed by atoms with van der Waals surface area (Å²) in [7, 11) is 0. The molecule has 0 saturated carbocycles. The van der Waals surface area contributed by atoms with Crippen LogP contribution in [0.1, 0.15) is 11.1 Å². The quantitative estimate of drug-likeness (QED) is 0.0955. The van der Waals surface area contributed by atoms with Crippen molar-refractivity contribution < 1.29 is 69.5 Å². The zero-order valence-electron chi connectivity index (χ0n) is 18.6. The number of ether oxygens (including phenoxy) is 5. The van der Waals surface area contributed by atoms with Crippen molar-refractivity contribution in [2.45, 2.75) is 25.6 Å². The molecule has 1 aliphatic heterocycles. The Balaban J connectivity index is 1.97. The number of benzene rings is 1. The molecule has 1 atom stereocenters. The summed E-state index contributed by atoms with van der Waals surface area (Å²) in [5.41, 5.74) is -1.55. The lowest BCUT2D eigenvalue weighted by Gasteiger charge is -2.29. The Bertz CT molecular complexity index is 1030. The Morgan fingerprint density at radius 2 is 1.76 bits per heavy atom. The second kappa shape index (κ2) is 12.6. The van der Waals surface area contributed by atoms with Crippen molar-refractivity contribution in [2.24, 2.45) is 0 Å². The molecule has 0 bridgehead atoms. The van der Waals surface area contributed by atoms with Gasteiger partial charge in [0.05, 0.1) is 5.57 Å². The molecule has 0 radical (unpaired) electrons. The standard InChI is InChI=1S/C19H17F6NO10S/c1-10-6-12(36-19(23,24)25)7-11-8-13(15(18(20,21)22)35-14(10)11)16(27)32-9-33-17(28)31-2-4-37-5-3-34-26(29)30/h6-8,15H,2-5,9H2,1H3. The summed E-state index contributed by atoms with van der Waals surface area (Å²) in [5, 5.41) is 8.99. The number of alkyl halides is 6. The lowest BCUT2D eigenvalue weighted by Crippen LogP contribution is -2.41. The highest BCUT2D eigenvalue weighted by Crippen LogP contribution is 2.41. The molecule has 18 heteroatoms. The van der Waals surface area contributed by atoms with Crippen molar-refractivity contribution in [3.63, 3.8) is 0 Å². The summed E-state index contributed by atoms with van der Waals surface area (Å²) in [4.78, 5) is 37.8. The van der Waals surface area contributed by atoms with Gasteiger partial charge in [-0.3, -0.25) is 0 Å². The Kier molecular flexibility index (Phi) is 10.1. The predicted molar refractivity (Wildman–Crippen MR) is 110 cm³/mol. The average Bonchev–Trinajstić information content (AvgIpc) is 2.75. The van der Waals surface area contributed by atoms with Crippen molar-refractivity contribution in [3.8, 4) is 11.5 Å². The fourth-order valence-corrected chi connectivity index (χ4v) is 3.37. The molecular formula is C19H17F6NO10S. The molecule has 1 aliphatic rings. The molecular weight excluding hydrogens is 548 g/mol. The summed E-state index contributed by atoms with van der Waals surface area (Å²) in [6.07, 6.45) is -13.7. The first-order chi connectivity index (χ1) is 17.2. The number of carbonyl (C=O) groups excluding carboxylic acids is 2. The maximum atomic E-state index is 13.5. The number of rotatable bonds is 11. The SMILES string of the molecule is Cc1cc(OC(F)(F)F)cc2c1OC(C(F)(F)F)C(C(=O)OCOC(=O)OCCSCCO[N+](=O)[O-])=C2. The number of carbonyl (C=O) groups is 2. The van der Waals surface area contributed by atoms with E-state index in [0.717, 1.165) is 23.9 Å². The maximum Gasteiger partial charge on any atom is 0.573 e. The third-order valence-electron chi connectivity index (χ3n) is 4.11. The van der Waals surface area contributed by atoms with Crippen LogP contribution in [0.5, 0.6) is 11.5 Å². The zero-order chi connectivity index (χ0) is 27.8. The Morgan fingerprint density at radius 1 is 1.08 bits per heavy atom. The first kappa shape index (κ1) is 29.7. The van der Waals surface area contributed by atoms with Crippen LogP contribution in [0.25, 0.3) is 6.08 Å². The molecule has 0 fully saturated rings. The minimum atomic E-state index is -5.11. The number of fused-ring (bicyclic) bond motifs is 1. The van der Waals surface area contributed by atoms with Gasteiger partial charge >= 0.3 is 24.7 Å². The van der Waals surface area contributed by atoms with E-state index in [0.29, 0.717) is 6.08 Å². The van der Waals surface area contributed by atoms with Crippen molar-refractivity contribution in [1.82, 2.24) is 0 Å². The highest BCUT2D eigenvalue weighted by molar-refractivity contribution is 7.99. The van der Waals surface area contributed by atoms with Crippen LogP contribution >= 0.6 is 11.8 Å². The van der Waals surface area contributed by atoms with Crippen molar-refractivity contribution in [1.29, 1.82) is 0 Å². The minimum Gasteiger partial charge on any atom is -0.475 e. The molecule has 1 unspecified atom stereocenters. The number of hydrogen-bond acceptors (Lipinski definition) is 11. The van der Waals surface area contributed by atoms with Gasteiger partial charge in [0.2, 0.25) is 12.9 Å². The molecule has 0 saturated heterocycles. The van der Waals surface area contributed by atoms with Crippen LogP contribution in [0, 0.1) is 17.0 Å². The number of thioether (sulfide) groups is 1. The van der Waals surface area contributed by atoms with E-state index in [1.807, 2.05) is 0 Å². The Labute approximate surface area is 207 Å². The van der Waals surface area contributed by atoms with Crippen molar-refractivity contribution in [2.75, 3.05) is 31.5 Å². The number of halogens is 6. The van der Waals surface area contributed by atoms with Gasteiger partial charge in [-0.25, -0.2) is 9.59 Å². The first-order valence-electron chi connectivity index (χ1n) is 9.84. The zero-order valence-corrected chi connectivity index (χ0v) is 19.4. The summed E-state index contributed by atoms with van der Waals surface area (Å²) in [6, 6.07) is 1.54. The lowest BCUT2D eigenvalue weighted by molar-refractivity contribution is -0.756. The Morgan fingerprint density at radius 3 is 2.38 bits per heavy atom. The smallest absolute Gasteiger partial charge is 0.475 e. The van der Waals surface area contributed by atoms with E-state index in [1.54, 1.807) is 0 Å². The van der Waals surface area contributed by atoms with Crippen LogP contribution in [0.2, 0.25) is 0 Å². The summed E-state index contributed by atoms with van der Waals surface area (Å²) in [5.74, 6) is -2.37. The maximum absolute atomic E-state index is 13.5. The van der Waals surface area contributed by atoms with E-state index in [1.165, 1.54) is 6.92 Å². The first-order valence-corrected chi connectivity index (χ1v) is 11.0. The number of nitrogens with zero attached hydrogens (tertiary/aromatic N) is 1. The summed E-state index contributed by atoms with van der Waals surface area (Å²) in [6.45, 7) is -0.349.